The van der Waals surface area contributed by atoms with Gasteiger partial charge in [0.2, 0.25) is 0 Å². The van der Waals surface area contributed by atoms with Crippen molar-refractivity contribution in [2.45, 2.75) is 11.8 Å². The van der Waals surface area contributed by atoms with Crippen LogP contribution >= 0.6 is 0 Å². The molecule has 0 unspecified atom stereocenters. The first kappa shape index (κ1) is 12.4. The van der Waals surface area contributed by atoms with Crippen molar-refractivity contribution in [3.8, 4) is 0 Å². The summed E-state index contributed by atoms with van der Waals surface area (Å²) in [4.78, 5) is 2.33. The summed E-state index contributed by atoms with van der Waals surface area (Å²) in [6, 6.07) is 11.5. The zero-order chi connectivity index (χ0) is 13.0. The molecule has 0 saturated heterocycles. The Kier molecular flexibility index (Phi) is 3.47. The molecule has 0 aliphatic carbocycles. The Labute approximate surface area is 105 Å². The van der Waals surface area contributed by atoms with Crippen LogP contribution in [0.4, 0.5) is 0 Å². The molecule has 0 aliphatic rings. The fourth-order valence-corrected chi connectivity index (χ4v) is 2.20. The molecule has 0 radical (unpaired) electrons. The summed E-state index contributed by atoms with van der Waals surface area (Å²) in [5.41, 5.74) is 0.458. The van der Waals surface area contributed by atoms with Gasteiger partial charge < -0.3 is 4.42 Å². The minimum absolute atomic E-state index is 0.168. The molecular weight excluding hydrogens is 252 g/mol. The van der Waals surface area contributed by atoms with E-state index in [0.717, 1.165) is 0 Å². The van der Waals surface area contributed by atoms with E-state index in [1.807, 2.05) is 0 Å². The number of hydrogen-bond acceptors (Lipinski definition) is 4. The van der Waals surface area contributed by atoms with Crippen molar-refractivity contribution in [1.29, 1.82) is 0 Å². The fourth-order valence-electron chi connectivity index (χ4n) is 1.32. The zero-order valence-corrected chi connectivity index (χ0v) is 10.5. The molecule has 0 atom stereocenters. The second kappa shape index (κ2) is 5.05. The Bertz CT molecular complexity index is 631. The van der Waals surface area contributed by atoms with Crippen LogP contribution in [0.2, 0.25) is 0 Å². The number of sulfonamides is 1. The quantitative estimate of drug-likeness (QED) is 0.678. The average Bonchev–Trinajstić information content (AvgIpc) is 2.91. The fraction of sp³-hybridized carbons (Fsp3) is 0.0833. The molecule has 1 aromatic heterocycles. The summed E-state index contributed by atoms with van der Waals surface area (Å²) in [6.45, 7) is 1.66. The van der Waals surface area contributed by atoms with E-state index in [4.69, 9.17) is 4.42 Å². The highest BCUT2D eigenvalue weighted by atomic mass is 32.2. The molecule has 0 spiro atoms. The van der Waals surface area contributed by atoms with Crippen LogP contribution < -0.4 is 4.83 Å². The maximum atomic E-state index is 11.9. The Hall–Kier alpha value is -2.08. The number of furan rings is 1. The zero-order valence-electron chi connectivity index (χ0n) is 9.70. The number of benzene rings is 1. The molecule has 1 heterocycles. The van der Waals surface area contributed by atoms with E-state index in [1.165, 1.54) is 18.4 Å². The molecule has 5 nitrogen and oxygen atoms in total. The van der Waals surface area contributed by atoms with Crippen LogP contribution in [0.5, 0.6) is 0 Å². The minimum atomic E-state index is -3.63. The van der Waals surface area contributed by atoms with E-state index >= 15 is 0 Å². The molecule has 0 amide bonds. The first-order valence-corrected chi connectivity index (χ1v) is 6.73. The van der Waals surface area contributed by atoms with Gasteiger partial charge in [0.1, 0.15) is 11.5 Å². The van der Waals surface area contributed by atoms with Crippen molar-refractivity contribution in [3.05, 3.63) is 54.5 Å². The van der Waals surface area contributed by atoms with E-state index in [0.29, 0.717) is 11.5 Å². The van der Waals surface area contributed by atoms with Crippen molar-refractivity contribution in [2.24, 2.45) is 5.10 Å². The molecule has 2 rings (SSSR count). The predicted octanol–water partition coefficient (Wildman–Crippen LogP) is 1.98. The Morgan fingerprint density at radius 3 is 2.50 bits per heavy atom. The number of hydrogen-bond donors (Lipinski definition) is 1. The third-order valence-electron chi connectivity index (χ3n) is 2.26. The van der Waals surface area contributed by atoms with Crippen LogP contribution in [-0.4, -0.2) is 14.1 Å². The van der Waals surface area contributed by atoms with Crippen molar-refractivity contribution in [3.63, 3.8) is 0 Å². The molecule has 6 heteroatoms. The molecule has 0 saturated carbocycles. The second-order valence-corrected chi connectivity index (χ2v) is 5.24. The maximum absolute atomic E-state index is 11.9. The normalized spacial score (nSPS) is 12.4. The first-order valence-electron chi connectivity index (χ1n) is 5.24. The summed E-state index contributed by atoms with van der Waals surface area (Å²) in [7, 11) is -3.63. The van der Waals surface area contributed by atoms with Gasteiger partial charge in [0.05, 0.1) is 11.2 Å². The standard InChI is InChI=1S/C12H12N2O3S/c1-10(12-8-5-9-17-12)13-14-18(15,16)11-6-3-2-4-7-11/h2-9,14H,1H3/b13-10+. The largest absolute Gasteiger partial charge is 0.463 e. The lowest BCUT2D eigenvalue weighted by molar-refractivity contribution is 0.556. The monoisotopic (exact) mass is 264 g/mol. The summed E-state index contributed by atoms with van der Waals surface area (Å²) in [5, 5.41) is 3.80. The number of nitrogens with one attached hydrogen (secondary N) is 1. The van der Waals surface area contributed by atoms with Gasteiger partial charge in [0.25, 0.3) is 10.0 Å². The smallest absolute Gasteiger partial charge is 0.276 e. The van der Waals surface area contributed by atoms with Crippen LogP contribution in [0.1, 0.15) is 12.7 Å². The van der Waals surface area contributed by atoms with Gasteiger partial charge in [-0.05, 0) is 31.2 Å². The van der Waals surface area contributed by atoms with Gasteiger partial charge in [0.15, 0.2) is 0 Å². The highest BCUT2D eigenvalue weighted by Crippen LogP contribution is 2.07. The van der Waals surface area contributed by atoms with Gasteiger partial charge in [-0.15, -0.1) is 0 Å². The van der Waals surface area contributed by atoms with E-state index in [-0.39, 0.29) is 4.90 Å². The Balaban J connectivity index is 2.18. The summed E-state index contributed by atoms with van der Waals surface area (Å²) in [5.74, 6) is 0.519. The molecular formula is C12H12N2O3S. The van der Waals surface area contributed by atoms with Crippen molar-refractivity contribution in [1.82, 2.24) is 4.83 Å². The Morgan fingerprint density at radius 1 is 1.17 bits per heavy atom. The topological polar surface area (TPSA) is 71.7 Å². The van der Waals surface area contributed by atoms with Crippen LogP contribution in [0.3, 0.4) is 0 Å². The molecule has 0 bridgehead atoms. The van der Waals surface area contributed by atoms with Gasteiger partial charge in [-0.1, -0.05) is 18.2 Å². The summed E-state index contributed by atoms with van der Waals surface area (Å²) in [6.07, 6.45) is 1.50. The number of rotatable bonds is 4. The molecule has 94 valence electrons. The summed E-state index contributed by atoms with van der Waals surface area (Å²) < 4.78 is 28.8. The molecule has 2 aromatic rings. The molecule has 1 N–H and O–H groups in total. The molecule has 0 aliphatic heterocycles. The van der Waals surface area contributed by atoms with E-state index < -0.39 is 10.0 Å². The van der Waals surface area contributed by atoms with Gasteiger partial charge in [0, 0.05) is 0 Å². The van der Waals surface area contributed by atoms with E-state index in [9.17, 15) is 8.42 Å². The average molecular weight is 264 g/mol. The lowest BCUT2D eigenvalue weighted by Crippen LogP contribution is -2.19. The van der Waals surface area contributed by atoms with Crippen LogP contribution in [-0.2, 0) is 10.0 Å². The van der Waals surface area contributed by atoms with Crippen molar-refractivity contribution in [2.75, 3.05) is 0 Å². The predicted molar refractivity (Wildman–Crippen MR) is 67.7 cm³/mol. The molecule has 0 fully saturated rings. The number of nitrogens with zero attached hydrogens (tertiary/aromatic N) is 1. The van der Waals surface area contributed by atoms with Gasteiger partial charge in [-0.25, -0.2) is 0 Å². The lowest BCUT2D eigenvalue weighted by Gasteiger charge is -2.03. The van der Waals surface area contributed by atoms with Crippen LogP contribution in [0, 0.1) is 0 Å². The second-order valence-electron chi connectivity index (χ2n) is 3.58. The van der Waals surface area contributed by atoms with E-state index in [1.54, 1.807) is 37.3 Å². The third kappa shape index (κ3) is 2.78. The van der Waals surface area contributed by atoms with Gasteiger partial charge >= 0.3 is 0 Å². The highest BCUT2D eigenvalue weighted by Gasteiger charge is 2.12. The lowest BCUT2D eigenvalue weighted by atomic mass is 10.3. The first-order chi connectivity index (χ1) is 8.59. The molecule has 18 heavy (non-hydrogen) atoms. The number of hydrazone groups is 1. The third-order valence-corrected chi connectivity index (χ3v) is 3.49. The van der Waals surface area contributed by atoms with E-state index in [2.05, 4.69) is 9.93 Å². The highest BCUT2D eigenvalue weighted by molar-refractivity contribution is 7.89. The maximum Gasteiger partial charge on any atom is 0.276 e. The minimum Gasteiger partial charge on any atom is -0.463 e. The van der Waals surface area contributed by atoms with Gasteiger partial charge in [-0.3, -0.25) is 0 Å². The summed E-state index contributed by atoms with van der Waals surface area (Å²) >= 11 is 0. The SMILES string of the molecule is C/C(=N\NS(=O)(=O)c1ccccc1)c1ccco1. The van der Waals surface area contributed by atoms with Gasteiger partial charge in [-0.2, -0.15) is 18.4 Å². The molecule has 1 aromatic carbocycles. The van der Waals surface area contributed by atoms with Crippen LogP contribution in [0.25, 0.3) is 0 Å². The Morgan fingerprint density at radius 2 is 1.89 bits per heavy atom. The van der Waals surface area contributed by atoms with Crippen molar-refractivity contribution >= 4 is 15.7 Å². The van der Waals surface area contributed by atoms with Crippen molar-refractivity contribution < 1.29 is 12.8 Å². The van der Waals surface area contributed by atoms with Crippen LogP contribution in [0.15, 0.2) is 63.1 Å².